The molecular weight excluding hydrogens is 525 g/mol. The fourth-order valence-electron chi connectivity index (χ4n) is 4.38. The molecule has 2 fully saturated rings. The van der Waals surface area contributed by atoms with E-state index in [0.717, 1.165) is 38.0 Å². The Hall–Kier alpha value is -1.88. The number of hydrogen-bond acceptors (Lipinski definition) is 6. The SMILES string of the molecule is O=C(NCCOc1ccc(S(=O)(=O)N2CCOCC2)cc1)C1CCN(Cc2ccc(Cl)cc2Cl)CC1. The summed E-state index contributed by atoms with van der Waals surface area (Å²) in [7, 11) is -3.53. The number of halogens is 2. The van der Waals surface area contributed by atoms with Crippen LogP contribution in [0.4, 0.5) is 0 Å². The Labute approximate surface area is 222 Å². The molecule has 11 heteroatoms. The van der Waals surface area contributed by atoms with Crippen LogP contribution in [0.15, 0.2) is 47.4 Å². The highest BCUT2D eigenvalue weighted by Gasteiger charge is 2.27. The molecule has 0 atom stereocenters. The van der Waals surface area contributed by atoms with Gasteiger partial charge in [-0.1, -0.05) is 29.3 Å². The number of ether oxygens (including phenoxy) is 2. The molecular formula is C25H31Cl2N3O5S. The third kappa shape index (κ3) is 7.12. The smallest absolute Gasteiger partial charge is 0.243 e. The second kappa shape index (κ2) is 12.6. The van der Waals surface area contributed by atoms with Crippen LogP contribution >= 0.6 is 23.2 Å². The van der Waals surface area contributed by atoms with Gasteiger partial charge in [-0.3, -0.25) is 9.69 Å². The highest BCUT2D eigenvalue weighted by Crippen LogP contribution is 2.25. The molecule has 2 aromatic carbocycles. The van der Waals surface area contributed by atoms with Gasteiger partial charge in [-0.2, -0.15) is 4.31 Å². The van der Waals surface area contributed by atoms with Gasteiger partial charge in [0.2, 0.25) is 15.9 Å². The van der Waals surface area contributed by atoms with Crippen molar-refractivity contribution >= 4 is 39.1 Å². The molecule has 1 amide bonds. The summed E-state index contributed by atoms with van der Waals surface area (Å²) in [6.07, 6.45) is 1.58. The van der Waals surface area contributed by atoms with Crippen molar-refractivity contribution in [1.29, 1.82) is 0 Å². The molecule has 4 rings (SSSR count). The molecule has 196 valence electrons. The van der Waals surface area contributed by atoms with Crippen LogP contribution in [0, 0.1) is 5.92 Å². The molecule has 2 aliphatic rings. The summed E-state index contributed by atoms with van der Waals surface area (Å²) in [4.78, 5) is 15.1. The Morgan fingerprint density at radius 1 is 1.03 bits per heavy atom. The van der Waals surface area contributed by atoms with Gasteiger partial charge >= 0.3 is 0 Å². The summed E-state index contributed by atoms with van der Waals surface area (Å²) in [6, 6.07) is 11.9. The standard InChI is InChI=1S/C25H31Cl2N3O5S/c26-21-2-1-20(24(27)17-21)18-29-10-7-19(8-11-29)25(31)28-9-14-35-22-3-5-23(6-4-22)36(32,33)30-12-15-34-16-13-30/h1-6,17,19H,7-16,18H2,(H,28,31). The van der Waals surface area contributed by atoms with Crippen LogP contribution in [0.2, 0.25) is 10.0 Å². The second-order valence-electron chi connectivity index (χ2n) is 8.91. The Morgan fingerprint density at radius 2 is 1.72 bits per heavy atom. The maximum Gasteiger partial charge on any atom is 0.243 e. The lowest BCUT2D eigenvalue weighted by Crippen LogP contribution is -2.41. The maximum atomic E-state index is 12.7. The van der Waals surface area contributed by atoms with Crippen molar-refractivity contribution in [2.24, 2.45) is 5.92 Å². The van der Waals surface area contributed by atoms with Crippen LogP contribution in [0.1, 0.15) is 18.4 Å². The quantitative estimate of drug-likeness (QED) is 0.477. The lowest BCUT2D eigenvalue weighted by atomic mass is 9.95. The maximum absolute atomic E-state index is 12.7. The zero-order valence-electron chi connectivity index (χ0n) is 20.0. The molecule has 36 heavy (non-hydrogen) atoms. The molecule has 0 aromatic heterocycles. The molecule has 1 N–H and O–H groups in total. The van der Waals surface area contributed by atoms with Gasteiger partial charge in [-0.25, -0.2) is 8.42 Å². The van der Waals surface area contributed by atoms with E-state index in [4.69, 9.17) is 32.7 Å². The first kappa shape index (κ1) is 27.2. The molecule has 2 heterocycles. The van der Waals surface area contributed by atoms with Crippen molar-refractivity contribution in [3.8, 4) is 5.75 Å². The first-order valence-corrected chi connectivity index (χ1v) is 14.3. The minimum atomic E-state index is -3.53. The monoisotopic (exact) mass is 555 g/mol. The normalized spacial score (nSPS) is 18.2. The summed E-state index contributed by atoms with van der Waals surface area (Å²) in [5, 5.41) is 4.23. The van der Waals surface area contributed by atoms with Crippen LogP contribution in [0.3, 0.4) is 0 Å². The molecule has 0 radical (unpaired) electrons. The van der Waals surface area contributed by atoms with Gasteiger partial charge < -0.3 is 14.8 Å². The summed E-state index contributed by atoms with van der Waals surface area (Å²) in [5.41, 5.74) is 1.04. The third-order valence-electron chi connectivity index (χ3n) is 6.47. The number of likely N-dealkylation sites (tertiary alicyclic amines) is 1. The molecule has 0 bridgehead atoms. The number of benzene rings is 2. The highest BCUT2D eigenvalue weighted by atomic mass is 35.5. The molecule has 0 spiro atoms. The van der Waals surface area contributed by atoms with E-state index in [9.17, 15) is 13.2 Å². The summed E-state index contributed by atoms with van der Waals surface area (Å²) < 4.78 is 37.7. The molecule has 0 aliphatic carbocycles. The van der Waals surface area contributed by atoms with E-state index < -0.39 is 10.0 Å². The number of piperidine rings is 1. The molecule has 0 saturated carbocycles. The zero-order chi connectivity index (χ0) is 25.5. The van der Waals surface area contributed by atoms with Gasteiger partial charge in [0, 0.05) is 35.6 Å². The lowest BCUT2D eigenvalue weighted by Gasteiger charge is -2.31. The first-order chi connectivity index (χ1) is 17.3. The number of nitrogens with one attached hydrogen (secondary N) is 1. The number of amides is 1. The number of rotatable bonds is 9. The van der Waals surface area contributed by atoms with E-state index in [1.807, 2.05) is 12.1 Å². The molecule has 2 aliphatic heterocycles. The van der Waals surface area contributed by atoms with Crippen LogP contribution in [-0.2, 0) is 26.1 Å². The van der Waals surface area contributed by atoms with Crippen molar-refractivity contribution in [2.45, 2.75) is 24.3 Å². The van der Waals surface area contributed by atoms with E-state index >= 15 is 0 Å². The van der Waals surface area contributed by atoms with E-state index in [1.165, 1.54) is 4.31 Å². The minimum Gasteiger partial charge on any atom is -0.492 e. The number of hydrogen-bond donors (Lipinski definition) is 1. The summed E-state index contributed by atoms with van der Waals surface area (Å²) in [6.45, 7) is 4.60. The van der Waals surface area contributed by atoms with Crippen molar-refractivity contribution < 1.29 is 22.7 Å². The minimum absolute atomic E-state index is 0.0217. The number of morpholine rings is 1. The zero-order valence-corrected chi connectivity index (χ0v) is 22.3. The second-order valence-corrected chi connectivity index (χ2v) is 11.7. The Morgan fingerprint density at radius 3 is 2.39 bits per heavy atom. The summed E-state index contributed by atoms with van der Waals surface area (Å²) >= 11 is 12.3. The van der Waals surface area contributed by atoms with Gasteiger partial charge in [0.15, 0.2) is 0 Å². The molecule has 2 saturated heterocycles. The highest BCUT2D eigenvalue weighted by molar-refractivity contribution is 7.89. The van der Waals surface area contributed by atoms with Gasteiger partial charge in [0.25, 0.3) is 0 Å². The van der Waals surface area contributed by atoms with E-state index in [1.54, 1.807) is 30.3 Å². The Balaban J connectivity index is 1.16. The predicted octanol–water partition coefficient (Wildman–Crippen LogP) is 3.42. The van der Waals surface area contributed by atoms with Gasteiger partial charge in [0.1, 0.15) is 12.4 Å². The topological polar surface area (TPSA) is 88.2 Å². The van der Waals surface area contributed by atoms with Gasteiger partial charge in [-0.05, 0) is 67.9 Å². The largest absolute Gasteiger partial charge is 0.492 e. The Kier molecular flexibility index (Phi) is 9.49. The van der Waals surface area contributed by atoms with Crippen molar-refractivity contribution in [3.63, 3.8) is 0 Å². The molecule has 0 unspecified atom stereocenters. The van der Waals surface area contributed by atoms with Crippen LogP contribution in [0.5, 0.6) is 5.75 Å². The van der Waals surface area contributed by atoms with E-state index in [-0.39, 0.29) is 16.7 Å². The van der Waals surface area contributed by atoms with Crippen molar-refractivity contribution in [1.82, 2.24) is 14.5 Å². The Bertz CT molecular complexity index is 1130. The fraction of sp³-hybridized carbons (Fsp3) is 0.480. The molecule has 2 aromatic rings. The summed E-state index contributed by atoms with van der Waals surface area (Å²) in [5.74, 6) is 0.570. The number of carbonyl (C=O) groups excluding carboxylic acids is 1. The van der Waals surface area contributed by atoms with Crippen molar-refractivity contribution in [3.05, 3.63) is 58.1 Å². The predicted molar refractivity (Wildman–Crippen MR) is 139 cm³/mol. The van der Waals surface area contributed by atoms with Crippen LogP contribution in [-0.4, -0.2) is 76.1 Å². The number of sulfonamides is 1. The lowest BCUT2D eigenvalue weighted by molar-refractivity contribution is -0.126. The van der Waals surface area contributed by atoms with E-state index in [2.05, 4.69) is 10.2 Å². The molecule has 8 nitrogen and oxygen atoms in total. The van der Waals surface area contributed by atoms with Crippen LogP contribution in [0.25, 0.3) is 0 Å². The number of carbonyl (C=O) groups is 1. The average molecular weight is 557 g/mol. The van der Waals surface area contributed by atoms with Gasteiger partial charge in [-0.15, -0.1) is 0 Å². The average Bonchev–Trinajstić information content (AvgIpc) is 2.89. The van der Waals surface area contributed by atoms with Crippen molar-refractivity contribution in [2.75, 3.05) is 52.5 Å². The van der Waals surface area contributed by atoms with E-state index in [0.29, 0.717) is 55.2 Å². The fourth-order valence-corrected chi connectivity index (χ4v) is 6.25. The number of nitrogens with zero attached hydrogens (tertiary/aromatic N) is 2. The van der Waals surface area contributed by atoms with Gasteiger partial charge in [0.05, 0.1) is 24.7 Å². The third-order valence-corrected chi connectivity index (χ3v) is 8.97. The first-order valence-electron chi connectivity index (χ1n) is 12.1. The van der Waals surface area contributed by atoms with Crippen LogP contribution < -0.4 is 10.1 Å².